The molecular weight excluding hydrogens is 264 g/mol. The van der Waals surface area contributed by atoms with E-state index >= 15 is 0 Å². The lowest BCUT2D eigenvalue weighted by Gasteiger charge is -2.40. The van der Waals surface area contributed by atoms with Crippen LogP contribution in [-0.4, -0.2) is 73.1 Å². The molecule has 5 nitrogen and oxygen atoms in total. The van der Waals surface area contributed by atoms with Crippen molar-refractivity contribution in [3.05, 3.63) is 0 Å². The molecule has 0 radical (unpaired) electrons. The number of carbonyl (C=O) groups excluding carboxylic acids is 1. The number of nitrogens with zero attached hydrogens (tertiary/aromatic N) is 2. The van der Waals surface area contributed by atoms with E-state index in [1.807, 2.05) is 13.8 Å². The second kappa shape index (κ2) is 7.56. The molecule has 1 amide bonds. The third-order valence-corrected chi connectivity index (χ3v) is 4.82. The van der Waals surface area contributed by atoms with Gasteiger partial charge in [-0.25, -0.2) is 0 Å². The summed E-state index contributed by atoms with van der Waals surface area (Å²) < 4.78 is 0. The van der Waals surface area contributed by atoms with E-state index in [4.69, 9.17) is 0 Å². The van der Waals surface area contributed by atoms with E-state index in [0.717, 1.165) is 32.7 Å². The molecule has 2 fully saturated rings. The molecule has 2 saturated heterocycles. The van der Waals surface area contributed by atoms with Gasteiger partial charge in [-0.3, -0.25) is 9.69 Å². The maximum Gasteiger partial charge on any atom is 0.240 e. The second-order valence-corrected chi connectivity index (χ2v) is 7.03. The minimum absolute atomic E-state index is 0.161. The summed E-state index contributed by atoms with van der Waals surface area (Å²) in [6.45, 7) is 13.4. The average molecular weight is 296 g/mol. The van der Waals surface area contributed by atoms with Crippen LogP contribution in [0.15, 0.2) is 0 Å². The van der Waals surface area contributed by atoms with Crippen molar-refractivity contribution in [1.29, 1.82) is 0 Å². The summed E-state index contributed by atoms with van der Waals surface area (Å²) in [7, 11) is 0. The monoisotopic (exact) mass is 296 g/mol. The lowest BCUT2D eigenvalue weighted by molar-refractivity contribution is -0.132. The van der Waals surface area contributed by atoms with Crippen LogP contribution in [-0.2, 0) is 4.79 Å². The Hall–Kier alpha value is -0.650. The molecule has 2 N–H and O–H groups in total. The standard InChI is InChI=1S/C16H32N4O/c1-14(13-19-9-5-4-6-10-19)18-15(21)16(2,3)20-11-7-17-8-12-20/h14,17H,4-13H2,1-3H3,(H,18,21). The summed E-state index contributed by atoms with van der Waals surface area (Å²) in [6, 6.07) is 0.220. The smallest absolute Gasteiger partial charge is 0.240 e. The fourth-order valence-electron chi connectivity index (χ4n) is 3.34. The molecular formula is C16H32N4O. The molecule has 0 aromatic rings. The van der Waals surface area contributed by atoms with E-state index in [9.17, 15) is 4.79 Å². The van der Waals surface area contributed by atoms with E-state index in [1.54, 1.807) is 0 Å². The van der Waals surface area contributed by atoms with Crippen molar-refractivity contribution in [2.75, 3.05) is 45.8 Å². The van der Waals surface area contributed by atoms with Gasteiger partial charge in [0.1, 0.15) is 0 Å². The largest absolute Gasteiger partial charge is 0.351 e. The van der Waals surface area contributed by atoms with Crippen LogP contribution in [0.2, 0.25) is 0 Å². The van der Waals surface area contributed by atoms with Crippen LogP contribution in [0.1, 0.15) is 40.0 Å². The van der Waals surface area contributed by atoms with Gasteiger partial charge in [-0.2, -0.15) is 0 Å². The van der Waals surface area contributed by atoms with Gasteiger partial charge in [0.15, 0.2) is 0 Å². The molecule has 2 heterocycles. The number of hydrogen-bond acceptors (Lipinski definition) is 4. The predicted molar refractivity (Wildman–Crippen MR) is 86.4 cm³/mol. The predicted octanol–water partition coefficient (Wildman–Crippen LogP) is 0.661. The van der Waals surface area contributed by atoms with Gasteiger partial charge in [-0.1, -0.05) is 6.42 Å². The van der Waals surface area contributed by atoms with Gasteiger partial charge in [0.2, 0.25) is 5.91 Å². The van der Waals surface area contributed by atoms with Gasteiger partial charge in [0, 0.05) is 38.8 Å². The minimum Gasteiger partial charge on any atom is -0.351 e. The van der Waals surface area contributed by atoms with Crippen LogP contribution in [0.5, 0.6) is 0 Å². The molecule has 5 heteroatoms. The normalized spacial score (nSPS) is 23.8. The zero-order valence-electron chi connectivity index (χ0n) is 14.0. The van der Waals surface area contributed by atoms with Gasteiger partial charge in [0.25, 0.3) is 0 Å². The van der Waals surface area contributed by atoms with Gasteiger partial charge in [-0.15, -0.1) is 0 Å². The van der Waals surface area contributed by atoms with Crippen molar-refractivity contribution in [2.45, 2.75) is 51.6 Å². The molecule has 2 aliphatic rings. The van der Waals surface area contributed by atoms with Gasteiger partial charge >= 0.3 is 0 Å². The van der Waals surface area contributed by atoms with Crippen molar-refractivity contribution in [3.8, 4) is 0 Å². The highest BCUT2D eigenvalue weighted by Crippen LogP contribution is 2.16. The minimum atomic E-state index is -0.418. The summed E-state index contributed by atoms with van der Waals surface area (Å²) in [5, 5.41) is 6.56. The van der Waals surface area contributed by atoms with E-state index in [1.165, 1.54) is 32.4 Å². The maximum absolute atomic E-state index is 12.6. The number of piperidine rings is 1. The molecule has 0 saturated carbocycles. The lowest BCUT2D eigenvalue weighted by Crippen LogP contribution is -2.61. The molecule has 1 unspecified atom stereocenters. The molecule has 0 bridgehead atoms. The Morgan fingerprint density at radius 1 is 1.14 bits per heavy atom. The second-order valence-electron chi connectivity index (χ2n) is 7.03. The Morgan fingerprint density at radius 2 is 1.76 bits per heavy atom. The van der Waals surface area contributed by atoms with Crippen LogP contribution in [0.25, 0.3) is 0 Å². The Labute approximate surface area is 129 Å². The molecule has 0 aromatic carbocycles. The molecule has 0 aliphatic carbocycles. The van der Waals surface area contributed by atoms with Crippen LogP contribution in [0, 0.1) is 0 Å². The highest BCUT2D eigenvalue weighted by atomic mass is 16.2. The highest BCUT2D eigenvalue weighted by Gasteiger charge is 2.35. The molecule has 1 atom stereocenters. The van der Waals surface area contributed by atoms with E-state index in [-0.39, 0.29) is 11.9 Å². The molecule has 0 spiro atoms. The number of likely N-dealkylation sites (tertiary alicyclic amines) is 1. The molecule has 21 heavy (non-hydrogen) atoms. The number of piperazine rings is 1. The summed E-state index contributed by atoms with van der Waals surface area (Å²) >= 11 is 0. The first-order chi connectivity index (χ1) is 10.00. The fourth-order valence-corrected chi connectivity index (χ4v) is 3.34. The number of hydrogen-bond donors (Lipinski definition) is 2. The summed E-state index contributed by atoms with van der Waals surface area (Å²) in [4.78, 5) is 17.4. The third-order valence-electron chi connectivity index (χ3n) is 4.82. The van der Waals surface area contributed by atoms with Crippen molar-refractivity contribution >= 4 is 5.91 Å². The van der Waals surface area contributed by atoms with Gasteiger partial charge in [0.05, 0.1) is 5.54 Å². The van der Waals surface area contributed by atoms with Crippen LogP contribution in [0.3, 0.4) is 0 Å². The quantitative estimate of drug-likeness (QED) is 0.782. The summed E-state index contributed by atoms with van der Waals surface area (Å²) in [5.41, 5.74) is -0.418. The summed E-state index contributed by atoms with van der Waals surface area (Å²) in [5.74, 6) is 0.161. The zero-order chi connectivity index (χ0) is 15.3. The Bertz CT molecular complexity index is 333. The Morgan fingerprint density at radius 3 is 2.38 bits per heavy atom. The van der Waals surface area contributed by atoms with Crippen molar-refractivity contribution in [3.63, 3.8) is 0 Å². The molecule has 2 rings (SSSR count). The molecule has 2 aliphatic heterocycles. The highest BCUT2D eigenvalue weighted by molar-refractivity contribution is 5.85. The van der Waals surface area contributed by atoms with Crippen molar-refractivity contribution < 1.29 is 4.79 Å². The summed E-state index contributed by atoms with van der Waals surface area (Å²) in [6.07, 6.45) is 3.95. The lowest BCUT2D eigenvalue weighted by atomic mass is 10.00. The van der Waals surface area contributed by atoms with Gasteiger partial charge < -0.3 is 15.5 Å². The number of carbonyl (C=O) groups is 1. The fraction of sp³-hybridized carbons (Fsp3) is 0.938. The zero-order valence-corrected chi connectivity index (χ0v) is 14.0. The number of nitrogens with one attached hydrogen (secondary N) is 2. The Kier molecular flexibility index (Phi) is 6.02. The van der Waals surface area contributed by atoms with E-state index in [2.05, 4.69) is 27.4 Å². The topological polar surface area (TPSA) is 47.6 Å². The maximum atomic E-state index is 12.6. The van der Waals surface area contributed by atoms with Crippen LogP contribution in [0.4, 0.5) is 0 Å². The SMILES string of the molecule is CC(CN1CCCCC1)NC(=O)C(C)(C)N1CCNCC1. The first-order valence-corrected chi connectivity index (χ1v) is 8.49. The van der Waals surface area contributed by atoms with Crippen LogP contribution >= 0.6 is 0 Å². The molecule has 122 valence electrons. The van der Waals surface area contributed by atoms with Crippen molar-refractivity contribution in [2.24, 2.45) is 0 Å². The van der Waals surface area contributed by atoms with Crippen LogP contribution < -0.4 is 10.6 Å². The number of amides is 1. The van der Waals surface area contributed by atoms with E-state index < -0.39 is 5.54 Å². The van der Waals surface area contributed by atoms with Gasteiger partial charge in [-0.05, 0) is 46.7 Å². The number of rotatable bonds is 5. The van der Waals surface area contributed by atoms with E-state index in [0.29, 0.717) is 0 Å². The first-order valence-electron chi connectivity index (χ1n) is 8.49. The first kappa shape index (κ1) is 16.7. The third kappa shape index (κ3) is 4.66. The Balaban J connectivity index is 1.80. The average Bonchev–Trinajstić information content (AvgIpc) is 2.49. The molecule has 0 aromatic heterocycles. The van der Waals surface area contributed by atoms with Crippen molar-refractivity contribution in [1.82, 2.24) is 20.4 Å².